The molecule has 0 saturated heterocycles. The third kappa shape index (κ3) is 3.59. The van der Waals surface area contributed by atoms with E-state index in [0.29, 0.717) is 34.7 Å². The number of aromatic nitrogens is 3. The number of Topliss-reactive ketones (excluding diaryl/α,β-unsaturated/α-hetero) is 1. The molecule has 36 heavy (non-hydrogen) atoms. The summed E-state index contributed by atoms with van der Waals surface area (Å²) < 4.78 is 21.8. The fraction of sp³-hybridized carbons (Fsp3) is 0.759. The van der Waals surface area contributed by atoms with Gasteiger partial charge in [-0.3, -0.25) is 4.79 Å². The zero-order valence-corrected chi connectivity index (χ0v) is 21.9. The zero-order chi connectivity index (χ0) is 25.3. The number of fused-ring (bicyclic) bond motifs is 6. The summed E-state index contributed by atoms with van der Waals surface area (Å²) in [5.41, 5.74) is 0.385. The highest BCUT2D eigenvalue weighted by Gasteiger charge is 2.63. The van der Waals surface area contributed by atoms with Crippen molar-refractivity contribution >= 4 is 16.8 Å². The molecule has 6 rings (SSSR count). The Morgan fingerprint density at radius 1 is 1.14 bits per heavy atom. The number of para-hydroxylation sites is 1. The molecule has 4 saturated carbocycles. The quantitative estimate of drug-likeness (QED) is 0.616. The Morgan fingerprint density at radius 2 is 1.97 bits per heavy atom. The highest BCUT2D eigenvalue weighted by Crippen LogP contribution is 2.68. The number of ether oxygens (including phenoxy) is 1. The summed E-state index contributed by atoms with van der Waals surface area (Å²) in [6, 6.07) is 4.76. The number of hydrogen-bond acceptors (Lipinski definition) is 5. The summed E-state index contributed by atoms with van der Waals surface area (Å²) in [5.74, 6) is 2.04. The van der Waals surface area contributed by atoms with Crippen molar-refractivity contribution in [3.05, 3.63) is 24.0 Å². The molecule has 6 nitrogen and oxygen atoms in total. The molecule has 1 aromatic heterocycles. The first-order valence-corrected chi connectivity index (χ1v) is 13.9. The van der Waals surface area contributed by atoms with Crippen LogP contribution in [0.3, 0.4) is 0 Å². The van der Waals surface area contributed by atoms with Crippen LogP contribution in [0.2, 0.25) is 0 Å². The maximum Gasteiger partial charge on any atom is 0.157 e. The summed E-state index contributed by atoms with van der Waals surface area (Å²) in [7, 11) is 1.83. The van der Waals surface area contributed by atoms with Crippen LogP contribution in [-0.4, -0.2) is 45.2 Å². The van der Waals surface area contributed by atoms with E-state index < -0.39 is 5.60 Å². The maximum atomic E-state index is 14.5. The second-order valence-electron chi connectivity index (χ2n) is 13.0. The van der Waals surface area contributed by atoms with Crippen molar-refractivity contribution in [3.63, 3.8) is 0 Å². The van der Waals surface area contributed by atoms with Crippen molar-refractivity contribution in [2.24, 2.45) is 40.4 Å². The number of benzene rings is 1. The minimum absolute atomic E-state index is 0.0161. The molecular weight excluding hydrogens is 457 g/mol. The predicted molar refractivity (Wildman–Crippen MR) is 135 cm³/mol. The lowest BCUT2D eigenvalue weighted by molar-refractivity contribution is -0.175. The van der Waals surface area contributed by atoms with E-state index in [2.05, 4.69) is 17.2 Å². The van der Waals surface area contributed by atoms with Gasteiger partial charge in [0, 0.05) is 13.0 Å². The predicted octanol–water partition coefficient (Wildman–Crippen LogP) is 5.18. The van der Waals surface area contributed by atoms with Crippen molar-refractivity contribution in [3.8, 4) is 0 Å². The summed E-state index contributed by atoms with van der Waals surface area (Å²) in [4.78, 5) is 13.7. The van der Waals surface area contributed by atoms with E-state index in [4.69, 9.17) is 4.74 Å². The average molecular weight is 498 g/mol. The molecule has 0 amide bonds. The Balaban J connectivity index is 1.24. The lowest BCUT2D eigenvalue weighted by atomic mass is 9.43. The third-order valence-electron chi connectivity index (χ3n) is 11.2. The second-order valence-corrected chi connectivity index (χ2v) is 13.0. The van der Waals surface area contributed by atoms with Gasteiger partial charge in [-0.15, -0.1) is 5.10 Å². The lowest BCUT2D eigenvalue weighted by Crippen LogP contribution is -2.58. The van der Waals surface area contributed by atoms with E-state index >= 15 is 0 Å². The SMILES string of the molecule is COCC12CCC(C)(O)CC1CCC1C3CCC(C(=O)Cn4nnc5cccc(F)c54)C3(C)CCC12. The molecule has 1 heterocycles. The van der Waals surface area contributed by atoms with Gasteiger partial charge in [0.25, 0.3) is 0 Å². The van der Waals surface area contributed by atoms with Gasteiger partial charge in [-0.25, -0.2) is 9.07 Å². The Kier molecular flexibility index (Phi) is 5.84. The number of halogens is 1. The van der Waals surface area contributed by atoms with Gasteiger partial charge in [0.1, 0.15) is 17.6 Å². The molecule has 1 aromatic carbocycles. The van der Waals surface area contributed by atoms with Crippen LogP contribution in [0.5, 0.6) is 0 Å². The first-order valence-electron chi connectivity index (χ1n) is 13.9. The number of rotatable bonds is 5. The number of aliphatic hydroxyl groups is 1. The van der Waals surface area contributed by atoms with Gasteiger partial charge < -0.3 is 9.84 Å². The van der Waals surface area contributed by atoms with Crippen molar-refractivity contribution in [2.75, 3.05) is 13.7 Å². The highest BCUT2D eigenvalue weighted by molar-refractivity contribution is 5.84. The van der Waals surface area contributed by atoms with Gasteiger partial charge in [0.05, 0.1) is 12.2 Å². The Hall–Kier alpha value is -1.86. The number of carbonyl (C=O) groups excluding carboxylic acids is 1. The molecule has 1 N–H and O–H groups in total. The van der Waals surface area contributed by atoms with Crippen molar-refractivity contribution in [1.82, 2.24) is 15.0 Å². The molecule has 2 aromatic rings. The normalized spacial score (nSPS) is 42.1. The zero-order valence-electron chi connectivity index (χ0n) is 21.9. The number of nitrogens with zero attached hydrogens (tertiary/aromatic N) is 3. The van der Waals surface area contributed by atoms with E-state index in [-0.39, 0.29) is 34.9 Å². The standard InChI is InChI=1S/C29H40FN3O3/c1-27(35)13-14-29(17-36-3)18(15-27)7-8-19-20-9-10-22(28(20,2)12-11-21(19)29)25(34)16-33-26-23(30)5-4-6-24(26)31-32-33/h4-6,18-22,35H,7-17H2,1-3H3. The lowest BCUT2D eigenvalue weighted by Gasteiger charge is -2.62. The van der Waals surface area contributed by atoms with E-state index in [9.17, 15) is 14.3 Å². The first kappa shape index (κ1) is 24.5. The van der Waals surface area contributed by atoms with Crippen molar-refractivity contribution in [1.29, 1.82) is 0 Å². The van der Waals surface area contributed by atoms with Crippen LogP contribution >= 0.6 is 0 Å². The van der Waals surface area contributed by atoms with E-state index in [1.54, 1.807) is 12.1 Å². The van der Waals surface area contributed by atoms with Crippen molar-refractivity contribution in [2.45, 2.75) is 83.8 Å². The topological polar surface area (TPSA) is 77.2 Å². The van der Waals surface area contributed by atoms with Gasteiger partial charge in [-0.1, -0.05) is 18.2 Å². The van der Waals surface area contributed by atoms with Crippen LogP contribution in [0.1, 0.15) is 71.6 Å². The van der Waals surface area contributed by atoms with Crippen LogP contribution in [0.15, 0.2) is 18.2 Å². The minimum Gasteiger partial charge on any atom is -0.390 e. The molecule has 4 aliphatic rings. The summed E-state index contributed by atoms with van der Waals surface area (Å²) in [6.45, 7) is 5.23. The highest BCUT2D eigenvalue weighted by atomic mass is 19.1. The Bertz CT molecular complexity index is 1160. The van der Waals surface area contributed by atoms with Crippen molar-refractivity contribution < 1.29 is 19.0 Å². The Morgan fingerprint density at radius 3 is 2.78 bits per heavy atom. The summed E-state index contributed by atoms with van der Waals surface area (Å²) >= 11 is 0. The van der Waals surface area contributed by atoms with Gasteiger partial charge in [0.2, 0.25) is 0 Å². The molecule has 0 bridgehead atoms. The Labute approximate surface area is 213 Å². The molecule has 0 aliphatic heterocycles. The molecule has 4 aliphatic carbocycles. The summed E-state index contributed by atoms with van der Waals surface area (Å²) in [5, 5.41) is 19.0. The average Bonchev–Trinajstić information content (AvgIpc) is 3.40. The van der Waals surface area contributed by atoms with Gasteiger partial charge in [-0.05, 0) is 111 Å². The van der Waals surface area contributed by atoms with E-state index in [0.717, 1.165) is 58.0 Å². The molecule has 196 valence electrons. The van der Waals surface area contributed by atoms with Gasteiger partial charge >= 0.3 is 0 Å². The van der Waals surface area contributed by atoms with Crippen LogP contribution in [0.4, 0.5) is 4.39 Å². The maximum absolute atomic E-state index is 14.5. The fourth-order valence-electron chi connectivity index (χ4n) is 9.67. The smallest absolute Gasteiger partial charge is 0.157 e. The second kappa shape index (κ2) is 8.59. The summed E-state index contributed by atoms with van der Waals surface area (Å²) in [6.07, 6.45) is 9.29. The molecule has 7 heteroatoms. The molecule has 8 unspecified atom stereocenters. The van der Waals surface area contributed by atoms with E-state index in [1.807, 2.05) is 14.0 Å². The van der Waals surface area contributed by atoms with Crippen LogP contribution in [-0.2, 0) is 16.1 Å². The van der Waals surface area contributed by atoms with Gasteiger partial charge in [0.15, 0.2) is 11.6 Å². The number of ketones is 1. The van der Waals surface area contributed by atoms with Gasteiger partial charge in [-0.2, -0.15) is 0 Å². The third-order valence-corrected chi connectivity index (χ3v) is 11.2. The van der Waals surface area contributed by atoms with E-state index in [1.165, 1.54) is 17.2 Å². The number of hydrogen-bond donors (Lipinski definition) is 1. The molecule has 4 fully saturated rings. The minimum atomic E-state index is -0.562. The largest absolute Gasteiger partial charge is 0.390 e. The molecular formula is C29H40FN3O3. The number of methoxy groups -OCH3 is 1. The first-order chi connectivity index (χ1) is 17.2. The van der Waals surface area contributed by atoms with Crippen LogP contribution in [0.25, 0.3) is 11.0 Å². The monoisotopic (exact) mass is 497 g/mol. The van der Waals surface area contributed by atoms with Crippen LogP contribution in [0, 0.1) is 46.2 Å². The molecule has 0 spiro atoms. The molecule has 0 radical (unpaired) electrons. The number of carbonyl (C=O) groups is 1. The molecule has 8 atom stereocenters. The van der Waals surface area contributed by atoms with Crippen LogP contribution < -0.4 is 0 Å². The fourth-order valence-corrected chi connectivity index (χ4v) is 9.67.